The first-order valence-corrected chi connectivity index (χ1v) is 12.9. The predicted molar refractivity (Wildman–Crippen MR) is 129 cm³/mol. The second-order valence-corrected chi connectivity index (χ2v) is 10.1. The van der Waals surface area contributed by atoms with Crippen molar-refractivity contribution in [2.45, 2.75) is 76.3 Å². The lowest BCUT2D eigenvalue weighted by Gasteiger charge is -2.31. The van der Waals surface area contributed by atoms with Crippen LogP contribution in [0, 0.1) is 5.82 Å². The molecule has 0 bridgehead atoms. The number of nitrogens with one attached hydrogen (secondary N) is 2. The molecule has 5 rings (SSSR count). The van der Waals surface area contributed by atoms with Crippen LogP contribution < -0.4 is 15.4 Å². The molecular formula is C24H34ClFN6O. The van der Waals surface area contributed by atoms with E-state index in [0.29, 0.717) is 17.8 Å². The Morgan fingerprint density at radius 2 is 2.03 bits per heavy atom. The van der Waals surface area contributed by atoms with Crippen molar-refractivity contribution in [3.05, 3.63) is 16.7 Å². The molecule has 33 heavy (non-hydrogen) atoms. The quantitative estimate of drug-likeness (QED) is 0.433. The van der Waals surface area contributed by atoms with Gasteiger partial charge in [-0.1, -0.05) is 24.9 Å². The number of anilines is 1. The van der Waals surface area contributed by atoms with Crippen molar-refractivity contribution in [3.8, 4) is 6.01 Å². The molecule has 0 spiro atoms. The summed E-state index contributed by atoms with van der Waals surface area (Å²) >= 11 is 6.15. The number of aromatic nitrogens is 3. The molecule has 1 unspecified atom stereocenters. The molecule has 0 aliphatic carbocycles. The average Bonchev–Trinajstić information content (AvgIpc) is 3.37. The van der Waals surface area contributed by atoms with Crippen LogP contribution in [0.1, 0.15) is 64.0 Å². The minimum Gasteiger partial charge on any atom is -0.461 e. The largest absolute Gasteiger partial charge is 0.461 e. The highest BCUT2D eigenvalue weighted by atomic mass is 35.5. The Kier molecular flexibility index (Phi) is 6.86. The van der Waals surface area contributed by atoms with Crippen molar-refractivity contribution < 1.29 is 9.13 Å². The number of nitrogens with zero attached hydrogens (tertiary/aromatic N) is 4. The Hall–Kier alpha value is -1.77. The standard InChI is InChI=1S/C24H34ClFN6O/c1-2-3-11-27-14-16-7-4-8-17-18-20(19(26)21(25)29-17)30-23(31-22(18)28-16)33-15-24-9-5-12-32(24)13-6-10-24/h16,27H,2-15H2,1H3,(H,28,30,31). The maximum absolute atomic E-state index is 15.1. The number of halogens is 2. The van der Waals surface area contributed by atoms with Crippen LogP contribution in [0.25, 0.3) is 10.9 Å². The van der Waals surface area contributed by atoms with Gasteiger partial charge in [-0.3, -0.25) is 4.90 Å². The zero-order valence-corrected chi connectivity index (χ0v) is 20.2. The molecule has 0 amide bonds. The van der Waals surface area contributed by atoms with Crippen molar-refractivity contribution >= 4 is 28.3 Å². The van der Waals surface area contributed by atoms with Crippen molar-refractivity contribution in [2.75, 3.05) is 38.1 Å². The van der Waals surface area contributed by atoms with Gasteiger partial charge in [0.2, 0.25) is 0 Å². The second-order valence-electron chi connectivity index (χ2n) is 9.74. The highest BCUT2D eigenvalue weighted by molar-refractivity contribution is 6.30. The second kappa shape index (κ2) is 9.84. The van der Waals surface area contributed by atoms with Gasteiger partial charge in [-0.15, -0.1) is 0 Å². The van der Waals surface area contributed by atoms with Crippen molar-refractivity contribution in [1.82, 2.24) is 25.2 Å². The Morgan fingerprint density at radius 3 is 2.82 bits per heavy atom. The molecule has 9 heteroatoms. The van der Waals surface area contributed by atoms with Gasteiger partial charge in [0, 0.05) is 12.6 Å². The van der Waals surface area contributed by atoms with Crippen LogP contribution in [-0.2, 0) is 6.42 Å². The fourth-order valence-corrected chi connectivity index (χ4v) is 5.91. The molecule has 3 aliphatic heterocycles. The number of unbranched alkanes of at least 4 members (excludes halogenated alkanes) is 1. The van der Waals surface area contributed by atoms with E-state index in [4.69, 9.17) is 21.3 Å². The lowest BCUT2D eigenvalue weighted by molar-refractivity contribution is 0.108. The minimum atomic E-state index is -0.606. The van der Waals surface area contributed by atoms with E-state index in [1.807, 2.05) is 0 Å². The zero-order valence-electron chi connectivity index (χ0n) is 19.4. The van der Waals surface area contributed by atoms with Crippen molar-refractivity contribution in [3.63, 3.8) is 0 Å². The van der Waals surface area contributed by atoms with Gasteiger partial charge >= 0.3 is 6.01 Å². The third-order valence-electron chi connectivity index (χ3n) is 7.49. The molecule has 2 aromatic rings. The Balaban J connectivity index is 1.44. The van der Waals surface area contributed by atoms with Crippen LogP contribution in [0.2, 0.25) is 5.15 Å². The number of aryl methyl sites for hydroxylation is 1. The molecule has 2 fully saturated rings. The summed E-state index contributed by atoms with van der Waals surface area (Å²) in [6.45, 7) is 6.80. The van der Waals surface area contributed by atoms with Crippen LogP contribution in [0.3, 0.4) is 0 Å². The van der Waals surface area contributed by atoms with Crippen LogP contribution >= 0.6 is 11.6 Å². The molecular weight excluding hydrogens is 443 g/mol. The first-order valence-electron chi connectivity index (χ1n) is 12.5. The summed E-state index contributed by atoms with van der Waals surface area (Å²) in [4.78, 5) is 16.1. The van der Waals surface area contributed by atoms with Crippen LogP contribution in [0.4, 0.5) is 10.2 Å². The molecule has 2 saturated heterocycles. The summed E-state index contributed by atoms with van der Waals surface area (Å²) in [6.07, 6.45) is 9.59. The van der Waals surface area contributed by atoms with Crippen LogP contribution in [0.5, 0.6) is 6.01 Å². The Labute approximate surface area is 199 Å². The highest BCUT2D eigenvalue weighted by Gasteiger charge is 2.45. The molecule has 3 aliphatic rings. The topological polar surface area (TPSA) is 75.2 Å². The molecule has 2 N–H and O–H groups in total. The number of pyridine rings is 1. The van der Waals surface area contributed by atoms with Crippen molar-refractivity contribution in [1.29, 1.82) is 0 Å². The summed E-state index contributed by atoms with van der Waals surface area (Å²) in [7, 11) is 0. The lowest BCUT2D eigenvalue weighted by atomic mass is 9.95. The first kappa shape index (κ1) is 23.0. The molecule has 0 aromatic carbocycles. The summed E-state index contributed by atoms with van der Waals surface area (Å²) in [5.41, 5.74) is 1.02. The van der Waals surface area contributed by atoms with Crippen LogP contribution in [0.15, 0.2) is 0 Å². The normalized spacial score (nSPS) is 22.1. The third-order valence-corrected chi connectivity index (χ3v) is 7.74. The number of rotatable bonds is 8. The molecule has 0 saturated carbocycles. The van der Waals surface area contributed by atoms with Gasteiger partial charge in [0.25, 0.3) is 0 Å². The summed E-state index contributed by atoms with van der Waals surface area (Å²) < 4.78 is 21.3. The van der Waals surface area contributed by atoms with E-state index in [9.17, 15) is 0 Å². The first-order chi connectivity index (χ1) is 16.1. The lowest BCUT2D eigenvalue weighted by Crippen LogP contribution is -2.43. The molecule has 7 nitrogen and oxygen atoms in total. The SMILES string of the molecule is CCCCNCC1CCCc2nc(Cl)c(F)c3nc(OCC45CCCN4CCC5)nc(c23)N1. The minimum absolute atomic E-state index is 0.0721. The van der Waals surface area contributed by atoms with E-state index in [0.717, 1.165) is 76.8 Å². The summed E-state index contributed by atoms with van der Waals surface area (Å²) in [5.74, 6) is -0.00677. The van der Waals surface area contributed by atoms with Gasteiger partial charge in [0.1, 0.15) is 17.9 Å². The fourth-order valence-electron chi connectivity index (χ4n) is 5.72. The van der Waals surface area contributed by atoms with Gasteiger partial charge < -0.3 is 15.4 Å². The number of hydrogen-bond donors (Lipinski definition) is 2. The molecule has 180 valence electrons. The van der Waals surface area contributed by atoms with Gasteiger partial charge in [0.05, 0.1) is 16.6 Å². The number of ether oxygens (including phenoxy) is 1. The predicted octanol–water partition coefficient (Wildman–Crippen LogP) is 4.33. The van der Waals surface area contributed by atoms with Gasteiger partial charge in [-0.25, -0.2) is 9.37 Å². The highest BCUT2D eigenvalue weighted by Crippen LogP contribution is 2.39. The molecule has 1 atom stereocenters. The van der Waals surface area contributed by atoms with Crippen molar-refractivity contribution in [2.24, 2.45) is 0 Å². The van der Waals surface area contributed by atoms with E-state index in [2.05, 4.69) is 32.4 Å². The Bertz CT molecular complexity index is 995. The molecule has 2 aromatic heterocycles. The maximum atomic E-state index is 15.1. The number of fused-ring (bicyclic) bond motifs is 1. The number of hydrogen-bond acceptors (Lipinski definition) is 7. The maximum Gasteiger partial charge on any atom is 0.319 e. The van der Waals surface area contributed by atoms with E-state index in [1.54, 1.807) is 0 Å². The zero-order chi connectivity index (χ0) is 22.8. The van der Waals surface area contributed by atoms with Gasteiger partial charge in [-0.2, -0.15) is 9.97 Å². The van der Waals surface area contributed by atoms with Gasteiger partial charge in [-0.05, 0) is 71.0 Å². The van der Waals surface area contributed by atoms with E-state index in [1.165, 1.54) is 12.8 Å². The average molecular weight is 477 g/mol. The van der Waals surface area contributed by atoms with Crippen LogP contribution in [-0.4, -0.2) is 64.2 Å². The van der Waals surface area contributed by atoms with Gasteiger partial charge in [0.15, 0.2) is 11.0 Å². The summed E-state index contributed by atoms with van der Waals surface area (Å²) in [5, 5.41) is 7.57. The molecule has 5 heterocycles. The monoisotopic (exact) mass is 476 g/mol. The Morgan fingerprint density at radius 1 is 1.21 bits per heavy atom. The fraction of sp³-hybridized carbons (Fsp3) is 0.708. The molecule has 0 radical (unpaired) electrons. The smallest absolute Gasteiger partial charge is 0.319 e. The third kappa shape index (κ3) is 4.62. The van der Waals surface area contributed by atoms with E-state index in [-0.39, 0.29) is 28.3 Å². The summed E-state index contributed by atoms with van der Waals surface area (Å²) in [6, 6.07) is 0.405. The van der Waals surface area contributed by atoms with E-state index < -0.39 is 5.82 Å². The van der Waals surface area contributed by atoms with E-state index >= 15 is 4.39 Å².